The first-order chi connectivity index (χ1) is 24.7. The smallest absolute Gasteiger partial charge is 0.453 e. The van der Waals surface area contributed by atoms with Gasteiger partial charge in [-0.15, -0.1) is 0 Å². The molecule has 1 aromatic heterocycles. The summed E-state index contributed by atoms with van der Waals surface area (Å²) in [7, 11) is 0. The van der Waals surface area contributed by atoms with E-state index in [1.165, 1.54) is 83.2 Å². The molecule has 0 radical (unpaired) electrons. The van der Waals surface area contributed by atoms with Gasteiger partial charge in [0.05, 0.1) is 6.61 Å². The van der Waals surface area contributed by atoms with Crippen LogP contribution in [0.3, 0.4) is 0 Å². The minimum Gasteiger partial charge on any atom is -0.453 e. The van der Waals surface area contributed by atoms with Crippen LogP contribution in [0.4, 0.5) is 4.79 Å². The Balaban J connectivity index is 1.52. The minimum absolute atomic E-state index is 0.180. The monoisotopic (exact) mass is 725 g/mol. The van der Waals surface area contributed by atoms with Gasteiger partial charge in [-0.3, -0.25) is 23.9 Å². The fraction of sp³-hybridized carbons (Fsp3) is 0.811. The van der Waals surface area contributed by atoms with E-state index in [4.69, 9.17) is 18.9 Å². The Morgan fingerprint density at radius 1 is 0.863 bits per heavy atom. The summed E-state index contributed by atoms with van der Waals surface area (Å²) in [6.07, 6.45) is 16.2. The van der Waals surface area contributed by atoms with Crippen molar-refractivity contribution in [2.24, 2.45) is 0 Å². The lowest BCUT2D eigenvalue weighted by Crippen LogP contribution is -2.41. The highest BCUT2D eigenvalue weighted by atomic mass is 16.7. The lowest BCUT2D eigenvalue weighted by atomic mass is 10.0. The van der Waals surface area contributed by atoms with Crippen LogP contribution in [0.1, 0.15) is 148 Å². The van der Waals surface area contributed by atoms with E-state index < -0.39 is 54.7 Å². The van der Waals surface area contributed by atoms with Gasteiger partial charge >= 0.3 is 17.8 Å². The number of hydrogen-bond acceptors (Lipinski definition) is 10. The molecular formula is C37H63N3O11. The lowest BCUT2D eigenvalue weighted by molar-refractivity contribution is -0.154. The fourth-order valence-electron chi connectivity index (χ4n) is 6.25. The van der Waals surface area contributed by atoms with E-state index in [9.17, 15) is 34.2 Å². The summed E-state index contributed by atoms with van der Waals surface area (Å²) >= 11 is 0. The molecule has 0 saturated carbocycles. The number of rotatable bonds is 29. The number of H-pyrrole nitrogens is 1. The summed E-state index contributed by atoms with van der Waals surface area (Å²) < 4.78 is 22.9. The van der Waals surface area contributed by atoms with Crippen LogP contribution in [0.2, 0.25) is 0 Å². The summed E-state index contributed by atoms with van der Waals surface area (Å²) in [5.74, 6) is -0.690. The van der Waals surface area contributed by atoms with E-state index in [2.05, 4.69) is 17.2 Å². The fourth-order valence-corrected chi connectivity index (χ4v) is 6.25. The number of nitrogens with one attached hydrogen (secondary N) is 2. The molecule has 0 aromatic carbocycles. The molecule has 14 nitrogen and oxygen atoms in total. The number of carbonyl (C=O) groups excluding carboxylic acids is 2. The molecule has 2 heterocycles. The number of aromatic nitrogens is 2. The summed E-state index contributed by atoms with van der Waals surface area (Å²) in [6.45, 7) is 3.85. The van der Waals surface area contributed by atoms with Crippen molar-refractivity contribution in [1.82, 2.24) is 14.9 Å². The summed E-state index contributed by atoms with van der Waals surface area (Å²) in [5, 5.41) is 21.7. The molecule has 1 aromatic rings. The third kappa shape index (κ3) is 18.2. The van der Waals surface area contributed by atoms with Crippen LogP contribution in [0.5, 0.6) is 0 Å². The van der Waals surface area contributed by atoms with Crippen LogP contribution in [-0.4, -0.2) is 82.0 Å². The Morgan fingerprint density at radius 2 is 1.43 bits per heavy atom. The second-order valence-corrected chi connectivity index (χ2v) is 13.5. The average Bonchev–Trinajstić information content (AvgIpc) is 3.43. The first-order valence-corrected chi connectivity index (χ1v) is 19.2. The molecule has 5 atom stereocenters. The van der Waals surface area contributed by atoms with Gasteiger partial charge in [-0.25, -0.2) is 9.59 Å². The van der Waals surface area contributed by atoms with Crippen molar-refractivity contribution in [2.45, 2.75) is 173 Å². The molecule has 14 heteroatoms. The van der Waals surface area contributed by atoms with Gasteiger partial charge in [0.15, 0.2) is 18.4 Å². The zero-order valence-electron chi connectivity index (χ0n) is 30.8. The van der Waals surface area contributed by atoms with Crippen LogP contribution >= 0.6 is 0 Å². The SMILES string of the molecule is CCCCCCCCCCCCCCCCCC(=O)OC(C)C(=O)NCCCCCCO[C@H]1C(OC(=O)O)[C@@H](CO)O[C@H]1n1ccc(=O)[nH]c1=O. The zero-order valence-corrected chi connectivity index (χ0v) is 30.8. The maximum atomic E-state index is 12.4. The van der Waals surface area contributed by atoms with Gasteiger partial charge in [0.2, 0.25) is 0 Å². The molecule has 0 aliphatic carbocycles. The quantitative estimate of drug-likeness (QED) is 0.0581. The Morgan fingerprint density at radius 3 is 2.00 bits per heavy atom. The van der Waals surface area contributed by atoms with E-state index >= 15 is 0 Å². The van der Waals surface area contributed by atoms with Crippen LogP contribution in [0, 0.1) is 0 Å². The molecular weight excluding hydrogens is 662 g/mol. The van der Waals surface area contributed by atoms with Gasteiger partial charge < -0.3 is 34.5 Å². The van der Waals surface area contributed by atoms with Crippen LogP contribution in [0.25, 0.3) is 0 Å². The standard InChI is InChI=1S/C37H63N3O11/c1-3-4-5-6-7-8-9-10-11-12-13-14-15-16-19-22-31(43)49-28(2)34(44)38-24-20-17-18-21-26-48-33-32(51-37(46)47)29(27-41)50-35(33)40-25-23-30(42)39-36(40)45/h23,25,28-29,32-33,35,41H,3-22,24,26-27H2,1-2H3,(H,38,44)(H,46,47)(H,39,42,45)/t28?,29-,32?,33+,35-/m1/s1. The molecule has 0 bridgehead atoms. The predicted molar refractivity (Wildman–Crippen MR) is 192 cm³/mol. The number of carbonyl (C=O) groups is 3. The first-order valence-electron chi connectivity index (χ1n) is 19.2. The molecule has 51 heavy (non-hydrogen) atoms. The molecule has 0 spiro atoms. The molecule has 2 rings (SSSR count). The maximum Gasteiger partial charge on any atom is 0.506 e. The van der Waals surface area contributed by atoms with Crippen molar-refractivity contribution >= 4 is 18.0 Å². The number of esters is 1. The van der Waals surface area contributed by atoms with E-state index in [-0.39, 0.29) is 18.5 Å². The Bertz CT molecular complexity index is 1240. The number of aliphatic hydroxyl groups is 1. The van der Waals surface area contributed by atoms with E-state index in [0.29, 0.717) is 25.8 Å². The molecule has 1 fully saturated rings. The van der Waals surface area contributed by atoms with E-state index in [0.717, 1.165) is 42.7 Å². The topological polar surface area (TPSA) is 195 Å². The number of aromatic amines is 1. The van der Waals surface area contributed by atoms with Crippen LogP contribution in [0.15, 0.2) is 21.9 Å². The Labute approximate surface area is 302 Å². The third-order valence-electron chi connectivity index (χ3n) is 9.17. The second-order valence-electron chi connectivity index (χ2n) is 13.5. The van der Waals surface area contributed by atoms with E-state index in [1.54, 1.807) is 6.92 Å². The van der Waals surface area contributed by atoms with Crippen molar-refractivity contribution in [3.05, 3.63) is 33.1 Å². The molecule has 1 saturated heterocycles. The highest BCUT2D eigenvalue weighted by molar-refractivity contribution is 5.83. The van der Waals surface area contributed by atoms with Crippen molar-refractivity contribution in [1.29, 1.82) is 0 Å². The lowest BCUT2D eigenvalue weighted by Gasteiger charge is -2.24. The highest BCUT2D eigenvalue weighted by Crippen LogP contribution is 2.33. The molecule has 292 valence electrons. The number of carboxylic acid groups (broad SMARTS) is 1. The number of unbranched alkanes of at least 4 members (excludes halogenated alkanes) is 17. The molecule has 1 amide bonds. The van der Waals surface area contributed by atoms with Gasteiger partial charge in [-0.1, -0.05) is 110 Å². The molecule has 2 unspecified atom stereocenters. The van der Waals surface area contributed by atoms with Gasteiger partial charge in [-0.05, 0) is 26.2 Å². The van der Waals surface area contributed by atoms with Crippen LogP contribution < -0.4 is 16.6 Å². The summed E-state index contributed by atoms with van der Waals surface area (Å²) in [6, 6.07) is 1.12. The molecule has 4 N–H and O–H groups in total. The number of nitrogens with zero attached hydrogens (tertiary/aromatic N) is 1. The minimum atomic E-state index is -1.59. The van der Waals surface area contributed by atoms with E-state index in [1.807, 2.05) is 0 Å². The van der Waals surface area contributed by atoms with Crippen molar-refractivity contribution in [3.8, 4) is 0 Å². The number of ether oxygens (including phenoxy) is 4. The maximum absolute atomic E-state index is 12.4. The summed E-state index contributed by atoms with van der Waals surface area (Å²) in [4.78, 5) is 61.8. The Hall–Kier alpha value is -3.23. The molecule has 1 aliphatic rings. The summed E-state index contributed by atoms with van der Waals surface area (Å²) in [5.41, 5.74) is -1.39. The first kappa shape index (κ1) is 43.9. The average molecular weight is 726 g/mol. The largest absolute Gasteiger partial charge is 0.506 e. The van der Waals surface area contributed by atoms with Gasteiger partial charge in [0, 0.05) is 31.8 Å². The van der Waals surface area contributed by atoms with Crippen molar-refractivity contribution in [2.75, 3.05) is 19.8 Å². The number of aliphatic hydroxyl groups excluding tert-OH is 1. The number of hydrogen-bond donors (Lipinski definition) is 4. The van der Waals surface area contributed by atoms with Gasteiger partial charge in [0.1, 0.15) is 12.2 Å². The zero-order chi connectivity index (χ0) is 37.3. The van der Waals surface area contributed by atoms with Gasteiger partial charge in [-0.2, -0.15) is 0 Å². The van der Waals surface area contributed by atoms with Gasteiger partial charge in [0.25, 0.3) is 11.5 Å². The van der Waals surface area contributed by atoms with Crippen LogP contribution in [-0.2, 0) is 28.5 Å². The van der Waals surface area contributed by atoms with Crippen molar-refractivity contribution in [3.63, 3.8) is 0 Å². The Kier molecular flexibility index (Phi) is 22.9. The second kappa shape index (κ2) is 26.5. The highest BCUT2D eigenvalue weighted by Gasteiger charge is 2.49. The third-order valence-corrected chi connectivity index (χ3v) is 9.17. The number of amides is 1. The van der Waals surface area contributed by atoms with Crippen molar-refractivity contribution < 1.29 is 43.5 Å². The molecule has 1 aliphatic heterocycles. The normalized spacial score (nSPS) is 19.1. The predicted octanol–water partition coefficient (Wildman–Crippen LogP) is 5.74.